The van der Waals surface area contributed by atoms with Crippen LogP contribution in [-0.2, 0) is 9.53 Å². The van der Waals surface area contributed by atoms with E-state index in [-0.39, 0.29) is 0 Å². The monoisotopic (exact) mass is 263 g/mol. The molecule has 0 saturated carbocycles. The minimum absolute atomic E-state index is 0.409. The van der Waals surface area contributed by atoms with Gasteiger partial charge < -0.3 is 10.5 Å². The van der Waals surface area contributed by atoms with E-state index in [1.54, 1.807) is 0 Å². The van der Waals surface area contributed by atoms with Gasteiger partial charge in [0.1, 0.15) is 6.04 Å². The Morgan fingerprint density at radius 2 is 2.38 bits per heavy atom. The Labute approximate surface area is 89.0 Å². The molecule has 0 aliphatic heterocycles. The third-order valence-corrected chi connectivity index (χ3v) is 3.86. The number of esters is 1. The molecule has 13 heavy (non-hydrogen) atoms. The smallest absolute Gasteiger partial charge is 0.328 e. The average molecular weight is 264 g/mol. The van der Waals surface area contributed by atoms with Crippen molar-refractivity contribution >= 4 is 33.2 Å². The first-order chi connectivity index (χ1) is 6.06. The standard InChI is InChI=1S/C8H10BrNO2S/c1-4-5(9)3-6(13-4)7(10)8(11)12-2/h3,7H,10H2,1-2H3. The van der Waals surface area contributed by atoms with Crippen molar-refractivity contribution in [2.45, 2.75) is 13.0 Å². The number of ether oxygens (including phenoxy) is 1. The lowest BCUT2D eigenvalue weighted by molar-refractivity contribution is -0.142. The summed E-state index contributed by atoms with van der Waals surface area (Å²) < 4.78 is 5.52. The highest BCUT2D eigenvalue weighted by Crippen LogP contribution is 2.29. The van der Waals surface area contributed by atoms with Crippen LogP contribution >= 0.6 is 27.3 Å². The molecule has 0 radical (unpaired) electrons. The van der Waals surface area contributed by atoms with Gasteiger partial charge in [0.15, 0.2) is 0 Å². The van der Waals surface area contributed by atoms with Gasteiger partial charge in [-0.3, -0.25) is 0 Å². The molecule has 1 aromatic rings. The van der Waals surface area contributed by atoms with E-state index < -0.39 is 12.0 Å². The summed E-state index contributed by atoms with van der Waals surface area (Å²) in [5.41, 5.74) is 5.65. The van der Waals surface area contributed by atoms with Crippen molar-refractivity contribution in [3.05, 3.63) is 20.3 Å². The minimum Gasteiger partial charge on any atom is -0.468 e. The Morgan fingerprint density at radius 3 is 2.77 bits per heavy atom. The topological polar surface area (TPSA) is 52.3 Å². The fourth-order valence-electron chi connectivity index (χ4n) is 0.878. The molecule has 0 aliphatic carbocycles. The molecule has 1 unspecified atom stereocenters. The van der Waals surface area contributed by atoms with Crippen LogP contribution in [0.4, 0.5) is 0 Å². The summed E-state index contributed by atoms with van der Waals surface area (Å²) in [7, 11) is 1.33. The zero-order chi connectivity index (χ0) is 10.0. The summed E-state index contributed by atoms with van der Waals surface area (Å²) in [6.45, 7) is 1.96. The van der Waals surface area contributed by atoms with Gasteiger partial charge in [-0.2, -0.15) is 0 Å². The van der Waals surface area contributed by atoms with Crippen molar-refractivity contribution in [3.8, 4) is 0 Å². The molecule has 0 saturated heterocycles. The lowest BCUT2D eigenvalue weighted by Crippen LogP contribution is -2.21. The maximum Gasteiger partial charge on any atom is 0.328 e. The van der Waals surface area contributed by atoms with Gasteiger partial charge in [-0.25, -0.2) is 4.79 Å². The van der Waals surface area contributed by atoms with Crippen molar-refractivity contribution < 1.29 is 9.53 Å². The van der Waals surface area contributed by atoms with Crippen LogP contribution in [0.15, 0.2) is 10.5 Å². The highest BCUT2D eigenvalue weighted by Gasteiger charge is 2.18. The van der Waals surface area contributed by atoms with Gasteiger partial charge in [-0.05, 0) is 28.9 Å². The molecule has 1 rings (SSSR count). The lowest BCUT2D eigenvalue weighted by Gasteiger charge is -2.05. The van der Waals surface area contributed by atoms with Crippen LogP contribution in [0, 0.1) is 6.92 Å². The number of thiophene rings is 1. The fraction of sp³-hybridized carbons (Fsp3) is 0.375. The SMILES string of the molecule is COC(=O)C(N)c1cc(Br)c(C)s1. The molecule has 0 amide bonds. The molecule has 0 spiro atoms. The first-order valence-corrected chi connectivity index (χ1v) is 5.26. The van der Waals surface area contributed by atoms with Gasteiger partial charge in [-0.1, -0.05) is 0 Å². The van der Waals surface area contributed by atoms with E-state index in [1.165, 1.54) is 18.4 Å². The van der Waals surface area contributed by atoms with Gasteiger partial charge in [-0.15, -0.1) is 11.3 Å². The Hall–Kier alpha value is -0.390. The summed E-state index contributed by atoms with van der Waals surface area (Å²) in [4.78, 5) is 13.0. The van der Waals surface area contributed by atoms with Crippen molar-refractivity contribution in [1.82, 2.24) is 0 Å². The molecular formula is C8H10BrNO2S. The molecule has 1 aromatic heterocycles. The normalized spacial score (nSPS) is 12.6. The Kier molecular flexibility index (Phi) is 3.47. The summed E-state index contributed by atoms with van der Waals surface area (Å²) in [6, 6.07) is 1.18. The van der Waals surface area contributed by atoms with Crippen LogP contribution < -0.4 is 5.73 Å². The van der Waals surface area contributed by atoms with E-state index in [9.17, 15) is 4.79 Å². The summed E-state index contributed by atoms with van der Waals surface area (Å²) in [5, 5.41) is 0. The van der Waals surface area contributed by atoms with Gasteiger partial charge in [0, 0.05) is 14.2 Å². The number of halogens is 1. The molecule has 0 bridgehead atoms. The molecule has 1 heterocycles. The number of carbonyl (C=O) groups excluding carboxylic acids is 1. The average Bonchev–Trinajstić information content (AvgIpc) is 2.44. The van der Waals surface area contributed by atoms with Crippen LogP contribution in [0.1, 0.15) is 15.8 Å². The number of methoxy groups -OCH3 is 1. The van der Waals surface area contributed by atoms with Crippen molar-refractivity contribution in [3.63, 3.8) is 0 Å². The number of carbonyl (C=O) groups is 1. The zero-order valence-electron chi connectivity index (χ0n) is 7.33. The molecule has 1 atom stereocenters. The summed E-state index contributed by atoms with van der Waals surface area (Å²) in [5.74, 6) is -0.409. The maximum atomic E-state index is 11.1. The van der Waals surface area contributed by atoms with E-state index in [0.717, 1.165) is 14.2 Å². The molecule has 72 valence electrons. The third kappa shape index (κ3) is 2.30. The van der Waals surface area contributed by atoms with Crippen LogP contribution in [0.2, 0.25) is 0 Å². The number of nitrogens with two attached hydrogens (primary N) is 1. The predicted octanol–water partition coefficient (Wildman–Crippen LogP) is 1.99. The van der Waals surface area contributed by atoms with Gasteiger partial charge in [0.2, 0.25) is 0 Å². The number of hydrogen-bond acceptors (Lipinski definition) is 4. The van der Waals surface area contributed by atoms with Gasteiger partial charge in [0.25, 0.3) is 0 Å². The molecule has 2 N–H and O–H groups in total. The first-order valence-electron chi connectivity index (χ1n) is 3.65. The van der Waals surface area contributed by atoms with Crippen molar-refractivity contribution in [1.29, 1.82) is 0 Å². The zero-order valence-corrected chi connectivity index (χ0v) is 9.74. The predicted molar refractivity (Wildman–Crippen MR) is 55.7 cm³/mol. The number of rotatable bonds is 2. The van der Waals surface area contributed by atoms with E-state index >= 15 is 0 Å². The first kappa shape index (κ1) is 10.7. The molecular weight excluding hydrogens is 254 g/mol. The van der Waals surface area contributed by atoms with Crippen LogP contribution in [0.5, 0.6) is 0 Å². The Bertz CT molecular complexity index is 304. The highest BCUT2D eigenvalue weighted by atomic mass is 79.9. The molecule has 0 aliphatic rings. The second-order valence-corrected chi connectivity index (χ2v) is 4.70. The molecule has 3 nitrogen and oxygen atoms in total. The van der Waals surface area contributed by atoms with E-state index in [2.05, 4.69) is 20.7 Å². The summed E-state index contributed by atoms with van der Waals surface area (Å²) >= 11 is 4.85. The molecule has 0 fully saturated rings. The van der Waals surface area contributed by atoms with Crippen molar-refractivity contribution in [2.75, 3.05) is 7.11 Å². The maximum absolute atomic E-state index is 11.1. The Balaban J connectivity index is 2.89. The highest BCUT2D eigenvalue weighted by molar-refractivity contribution is 9.10. The summed E-state index contributed by atoms with van der Waals surface area (Å²) in [6.07, 6.45) is 0. The van der Waals surface area contributed by atoms with Gasteiger partial charge >= 0.3 is 5.97 Å². The lowest BCUT2D eigenvalue weighted by atomic mass is 10.2. The number of aryl methyl sites for hydroxylation is 1. The minimum atomic E-state index is -0.667. The van der Waals surface area contributed by atoms with Gasteiger partial charge in [0.05, 0.1) is 7.11 Å². The molecule has 0 aromatic carbocycles. The Morgan fingerprint density at radius 1 is 1.77 bits per heavy atom. The fourth-order valence-corrected chi connectivity index (χ4v) is 2.43. The van der Waals surface area contributed by atoms with Crippen molar-refractivity contribution in [2.24, 2.45) is 5.73 Å². The van der Waals surface area contributed by atoms with E-state index in [4.69, 9.17) is 5.73 Å². The van der Waals surface area contributed by atoms with Crippen LogP contribution in [0.25, 0.3) is 0 Å². The van der Waals surface area contributed by atoms with Crippen LogP contribution in [-0.4, -0.2) is 13.1 Å². The molecule has 5 heteroatoms. The quantitative estimate of drug-likeness (QED) is 0.831. The second kappa shape index (κ2) is 4.21. The van der Waals surface area contributed by atoms with E-state index in [1.807, 2.05) is 13.0 Å². The second-order valence-electron chi connectivity index (χ2n) is 2.55. The number of hydrogen-bond donors (Lipinski definition) is 1. The largest absolute Gasteiger partial charge is 0.468 e. The third-order valence-electron chi connectivity index (χ3n) is 1.64. The van der Waals surface area contributed by atoms with Crippen LogP contribution in [0.3, 0.4) is 0 Å². The van der Waals surface area contributed by atoms with E-state index in [0.29, 0.717) is 0 Å².